The van der Waals surface area contributed by atoms with Gasteiger partial charge in [0, 0.05) is 10.9 Å². The van der Waals surface area contributed by atoms with Gasteiger partial charge < -0.3 is 0 Å². The van der Waals surface area contributed by atoms with E-state index in [1.165, 1.54) is 17.3 Å². The maximum absolute atomic E-state index is 12.1. The lowest BCUT2D eigenvalue weighted by Gasteiger charge is -2.18. The lowest BCUT2D eigenvalue weighted by Crippen LogP contribution is -2.34. The number of rotatable bonds is 2. The van der Waals surface area contributed by atoms with Gasteiger partial charge in [0.05, 0.1) is 4.91 Å². The molecule has 0 atom stereocenters. The van der Waals surface area contributed by atoms with Crippen molar-refractivity contribution in [3.63, 3.8) is 0 Å². The van der Waals surface area contributed by atoms with Crippen LogP contribution in [0.25, 0.3) is 6.08 Å². The van der Waals surface area contributed by atoms with E-state index in [0.717, 1.165) is 9.78 Å². The Balaban J connectivity index is 2.31. The number of thioether (sulfide) groups is 1. The number of nitrogens with zero attached hydrogens (tertiary/aromatic N) is 1. The molecule has 1 saturated heterocycles. The third-order valence-corrected chi connectivity index (χ3v) is 4.80. The molecular weight excluding hydrogens is 270 g/mol. The van der Waals surface area contributed by atoms with Crippen LogP contribution >= 0.6 is 35.3 Å². The quantitative estimate of drug-likeness (QED) is 0.610. The number of thiocarbonyl (C=S) groups is 1. The lowest BCUT2D eigenvalue weighted by molar-refractivity contribution is -0.123. The minimum Gasteiger partial charge on any atom is -0.290 e. The van der Waals surface area contributed by atoms with E-state index >= 15 is 0 Å². The van der Waals surface area contributed by atoms with Crippen LogP contribution in [0.15, 0.2) is 16.4 Å². The van der Waals surface area contributed by atoms with E-state index < -0.39 is 0 Å². The van der Waals surface area contributed by atoms with Crippen molar-refractivity contribution in [2.24, 2.45) is 0 Å². The van der Waals surface area contributed by atoms with Gasteiger partial charge in [-0.1, -0.05) is 24.0 Å². The van der Waals surface area contributed by atoms with Crippen LogP contribution in [0, 0.1) is 6.92 Å². The van der Waals surface area contributed by atoms with Crippen LogP contribution in [0.4, 0.5) is 0 Å². The van der Waals surface area contributed by atoms with E-state index in [1.54, 1.807) is 16.2 Å². The SMILES string of the molecule is Cc1ccsc1/C=C1/SC(=S)N(C(C)C)C1=O. The third-order valence-electron chi connectivity index (χ3n) is 2.50. The van der Waals surface area contributed by atoms with Crippen LogP contribution in [0.3, 0.4) is 0 Å². The Bertz CT molecular complexity index is 502. The van der Waals surface area contributed by atoms with E-state index in [4.69, 9.17) is 12.2 Å². The minimum absolute atomic E-state index is 0.0304. The zero-order valence-electron chi connectivity index (χ0n) is 9.89. The molecule has 1 amide bonds. The van der Waals surface area contributed by atoms with Crippen molar-refractivity contribution in [3.8, 4) is 0 Å². The predicted octanol–water partition coefficient (Wildman–Crippen LogP) is 3.67. The number of amides is 1. The van der Waals surface area contributed by atoms with Crippen LogP contribution in [0.5, 0.6) is 0 Å². The molecule has 0 unspecified atom stereocenters. The molecule has 2 heterocycles. The summed E-state index contributed by atoms with van der Waals surface area (Å²) in [5.41, 5.74) is 1.20. The minimum atomic E-state index is 0.0304. The number of carbonyl (C=O) groups excluding carboxylic acids is 1. The number of thiophene rings is 1. The van der Waals surface area contributed by atoms with Crippen molar-refractivity contribution in [3.05, 3.63) is 26.8 Å². The molecule has 0 spiro atoms. The van der Waals surface area contributed by atoms with E-state index in [-0.39, 0.29) is 11.9 Å². The van der Waals surface area contributed by atoms with E-state index in [0.29, 0.717) is 4.32 Å². The maximum Gasteiger partial charge on any atom is 0.266 e. The molecule has 0 radical (unpaired) electrons. The molecule has 90 valence electrons. The summed E-state index contributed by atoms with van der Waals surface area (Å²) in [5.74, 6) is 0.0304. The summed E-state index contributed by atoms with van der Waals surface area (Å²) in [6, 6.07) is 2.18. The van der Waals surface area contributed by atoms with E-state index in [1.807, 2.05) is 32.2 Å². The van der Waals surface area contributed by atoms with Gasteiger partial charge in [0.2, 0.25) is 0 Å². The molecular formula is C12H13NOS3. The molecule has 2 rings (SSSR count). The Hall–Kier alpha value is -0.650. The predicted molar refractivity (Wildman–Crippen MR) is 79.2 cm³/mol. The van der Waals surface area contributed by atoms with Crippen LogP contribution < -0.4 is 0 Å². The molecule has 0 N–H and O–H groups in total. The number of hydrogen-bond donors (Lipinski definition) is 0. The van der Waals surface area contributed by atoms with Gasteiger partial charge in [0.15, 0.2) is 0 Å². The molecule has 5 heteroatoms. The van der Waals surface area contributed by atoms with Gasteiger partial charge in [-0.3, -0.25) is 9.69 Å². The fourth-order valence-corrected chi connectivity index (χ4v) is 4.02. The Morgan fingerprint density at radius 2 is 2.18 bits per heavy atom. The van der Waals surface area contributed by atoms with Gasteiger partial charge in [-0.05, 0) is 43.9 Å². The largest absolute Gasteiger partial charge is 0.290 e. The summed E-state index contributed by atoms with van der Waals surface area (Å²) in [6.07, 6.45) is 1.95. The van der Waals surface area contributed by atoms with Crippen molar-refractivity contribution in [2.45, 2.75) is 26.8 Å². The standard InChI is InChI=1S/C12H13NOS3/c1-7(2)13-11(14)10(17-12(13)15)6-9-8(3)4-5-16-9/h4-7H,1-3H3/b10-6+. The van der Waals surface area contributed by atoms with Gasteiger partial charge in [0.1, 0.15) is 4.32 Å². The van der Waals surface area contributed by atoms with Crippen molar-refractivity contribution in [1.29, 1.82) is 0 Å². The highest BCUT2D eigenvalue weighted by Crippen LogP contribution is 2.35. The van der Waals surface area contributed by atoms with Gasteiger partial charge >= 0.3 is 0 Å². The highest BCUT2D eigenvalue weighted by molar-refractivity contribution is 8.26. The van der Waals surface area contributed by atoms with Gasteiger partial charge in [-0.15, -0.1) is 11.3 Å². The number of hydrogen-bond acceptors (Lipinski definition) is 4. The first-order valence-corrected chi connectivity index (χ1v) is 7.42. The van der Waals surface area contributed by atoms with Crippen LogP contribution in [-0.4, -0.2) is 21.2 Å². The molecule has 0 aromatic carbocycles. The molecule has 1 aliphatic rings. The average Bonchev–Trinajstić information content (AvgIpc) is 2.73. The lowest BCUT2D eigenvalue weighted by atomic mass is 10.2. The summed E-state index contributed by atoms with van der Waals surface area (Å²) < 4.78 is 0.658. The van der Waals surface area contributed by atoms with Crippen molar-refractivity contribution in [2.75, 3.05) is 0 Å². The van der Waals surface area contributed by atoms with Crippen LogP contribution in [-0.2, 0) is 4.79 Å². The van der Waals surface area contributed by atoms with E-state index in [2.05, 4.69) is 6.07 Å². The zero-order valence-corrected chi connectivity index (χ0v) is 12.3. The first kappa shape index (κ1) is 12.8. The molecule has 1 aromatic rings. The second-order valence-corrected chi connectivity index (χ2v) is 6.74. The first-order chi connectivity index (χ1) is 8.00. The topological polar surface area (TPSA) is 20.3 Å². The normalized spacial score (nSPS) is 18.8. The summed E-state index contributed by atoms with van der Waals surface area (Å²) in [4.78, 5) is 15.7. The number of aryl methyl sites for hydroxylation is 1. The average molecular weight is 283 g/mol. The van der Waals surface area contributed by atoms with Gasteiger partial charge in [0.25, 0.3) is 5.91 Å². The summed E-state index contributed by atoms with van der Waals surface area (Å²) >= 11 is 8.27. The Labute approximate surface area is 115 Å². The van der Waals surface area contributed by atoms with Gasteiger partial charge in [-0.25, -0.2) is 0 Å². The monoisotopic (exact) mass is 283 g/mol. The maximum atomic E-state index is 12.1. The molecule has 17 heavy (non-hydrogen) atoms. The van der Waals surface area contributed by atoms with Gasteiger partial charge in [-0.2, -0.15) is 0 Å². The summed E-state index contributed by atoms with van der Waals surface area (Å²) in [7, 11) is 0. The molecule has 0 saturated carbocycles. The Morgan fingerprint density at radius 1 is 1.47 bits per heavy atom. The Kier molecular flexibility index (Phi) is 3.70. The van der Waals surface area contributed by atoms with Crippen molar-refractivity contribution < 1.29 is 4.79 Å². The summed E-state index contributed by atoms with van der Waals surface area (Å²) in [5, 5.41) is 2.03. The zero-order chi connectivity index (χ0) is 12.6. The van der Waals surface area contributed by atoms with Crippen LogP contribution in [0.2, 0.25) is 0 Å². The second-order valence-electron chi connectivity index (χ2n) is 4.11. The fourth-order valence-electron chi connectivity index (χ4n) is 1.58. The van der Waals surface area contributed by atoms with E-state index in [9.17, 15) is 4.79 Å². The highest BCUT2D eigenvalue weighted by atomic mass is 32.2. The molecule has 1 aromatic heterocycles. The van der Waals surface area contributed by atoms with Crippen molar-refractivity contribution in [1.82, 2.24) is 4.90 Å². The Morgan fingerprint density at radius 3 is 2.65 bits per heavy atom. The molecule has 0 aliphatic carbocycles. The third kappa shape index (κ3) is 2.46. The molecule has 1 aliphatic heterocycles. The summed E-state index contributed by atoms with van der Waals surface area (Å²) in [6.45, 7) is 6.00. The van der Waals surface area contributed by atoms with Crippen LogP contribution in [0.1, 0.15) is 24.3 Å². The molecule has 0 bridgehead atoms. The first-order valence-electron chi connectivity index (χ1n) is 5.32. The number of carbonyl (C=O) groups is 1. The smallest absolute Gasteiger partial charge is 0.266 e. The molecule has 1 fully saturated rings. The highest BCUT2D eigenvalue weighted by Gasteiger charge is 2.33. The van der Waals surface area contributed by atoms with Crippen molar-refractivity contribution >= 4 is 51.6 Å². The fraction of sp³-hybridized carbons (Fsp3) is 0.333. The molecule has 2 nitrogen and oxygen atoms in total. The second kappa shape index (κ2) is 4.92.